The van der Waals surface area contributed by atoms with Crippen molar-refractivity contribution in [2.45, 2.75) is 19.4 Å². The molecule has 0 fully saturated rings. The topological polar surface area (TPSA) is 101 Å². The number of anilines is 1. The van der Waals surface area contributed by atoms with Crippen molar-refractivity contribution in [3.63, 3.8) is 0 Å². The molecule has 0 unspecified atom stereocenters. The lowest BCUT2D eigenvalue weighted by Crippen LogP contribution is -2.24. The molecule has 0 saturated carbocycles. The second kappa shape index (κ2) is 8.42. The Labute approximate surface area is 138 Å². The standard InChI is InChI=1S/C17H17N3O4/c21-16(18-12-13-6-2-1-3-7-13)10-11-17(22)19-14-8-4-5-9-15(14)20(23)24/h1-9H,10-12H2,(H,18,21)(H,19,22). The molecular formula is C17H17N3O4. The third-order valence-corrected chi connectivity index (χ3v) is 3.29. The van der Waals surface area contributed by atoms with Crippen molar-refractivity contribution in [2.24, 2.45) is 0 Å². The highest BCUT2D eigenvalue weighted by Crippen LogP contribution is 2.23. The van der Waals surface area contributed by atoms with Gasteiger partial charge in [0.25, 0.3) is 5.69 Å². The van der Waals surface area contributed by atoms with E-state index in [9.17, 15) is 19.7 Å². The van der Waals surface area contributed by atoms with Gasteiger partial charge in [-0.15, -0.1) is 0 Å². The number of hydrogen-bond donors (Lipinski definition) is 2. The van der Waals surface area contributed by atoms with Gasteiger partial charge in [-0.3, -0.25) is 19.7 Å². The summed E-state index contributed by atoms with van der Waals surface area (Å²) < 4.78 is 0. The van der Waals surface area contributed by atoms with Crippen LogP contribution in [0.2, 0.25) is 0 Å². The molecule has 0 heterocycles. The molecule has 2 rings (SSSR count). The maximum Gasteiger partial charge on any atom is 0.292 e. The summed E-state index contributed by atoms with van der Waals surface area (Å²) in [4.78, 5) is 33.9. The van der Waals surface area contributed by atoms with Crippen LogP contribution < -0.4 is 10.6 Å². The first-order chi connectivity index (χ1) is 11.6. The lowest BCUT2D eigenvalue weighted by Gasteiger charge is -2.07. The van der Waals surface area contributed by atoms with E-state index in [1.165, 1.54) is 18.2 Å². The van der Waals surface area contributed by atoms with Crippen LogP contribution in [-0.2, 0) is 16.1 Å². The molecule has 2 amide bonds. The zero-order valence-corrected chi connectivity index (χ0v) is 12.9. The van der Waals surface area contributed by atoms with Crippen LogP contribution in [0.5, 0.6) is 0 Å². The van der Waals surface area contributed by atoms with E-state index in [-0.39, 0.29) is 30.1 Å². The van der Waals surface area contributed by atoms with Crippen LogP contribution in [0.3, 0.4) is 0 Å². The average Bonchev–Trinajstić information content (AvgIpc) is 2.59. The van der Waals surface area contributed by atoms with E-state index in [1.54, 1.807) is 6.07 Å². The van der Waals surface area contributed by atoms with Crippen LogP contribution in [-0.4, -0.2) is 16.7 Å². The van der Waals surface area contributed by atoms with Crippen molar-refractivity contribution in [1.82, 2.24) is 5.32 Å². The fourth-order valence-electron chi connectivity index (χ4n) is 2.06. The third kappa shape index (κ3) is 5.20. The molecule has 0 atom stereocenters. The first-order valence-electron chi connectivity index (χ1n) is 7.40. The molecule has 2 aromatic carbocycles. The summed E-state index contributed by atoms with van der Waals surface area (Å²) >= 11 is 0. The highest BCUT2D eigenvalue weighted by Gasteiger charge is 2.15. The SMILES string of the molecule is O=C(CCC(=O)Nc1ccccc1[N+](=O)[O-])NCc1ccccc1. The summed E-state index contributed by atoms with van der Waals surface area (Å²) in [7, 11) is 0. The molecule has 2 aromatic rings. The Bertz CT molecular complexity index is 732. The van der Waals surface area contributed by atoms with Gasteiger partial charge in [-0.1, -0.05) is 42.5 Å². The zero-order chi connectivity index (χ0) is 17.4. The minimum Gasteiger partial charge on any atom is -0.352 e. The van der Waals surface area contributed by atoms with Crippen molar-refractivity contribution < 1.29 is 14.5 Å². The Balaban J connectivity index is 1.79. The van der Waals surface area contributed by atoms with E-state index in [0.717, 1.165) is 5.56 Å². The number of rotatable bonds is 7. The van der Waals surface area contributed by atoms with Gasteiger partial charge in [0.05, 0.1) is 4.92 Å². The number of nitro benzene ring substituents is 1. The summed E-state index contributed by atoms with van der Waals surface area (Å²) in [5.41, 5.74) is 0.909. The Morgan fingerprint density at radius 3 is 2.25 bits per heavy atom. The van der Waals surface area contributed by atoms with Crippen molar-refractivity contribution in [1.29, 1.82) is 0 Å². The van der Waals surface area contributed by atoms with Gasteiger partial charge in [-0.05, 0) is 11.6 Å². The maximum absolute atomic E-state index is 11.9. The quantitative estimate of drug-likeness (QED) is 0.603. The molecule has 7 nitrogen and oxygen atoms in total. The highest BCUT2D eigenvalue weighted by molar-refractivity contribution is 5.95. The van der Waals surface area contributed by atoms with Gasteiger partial charge in [0.2, 0.25) is 11.8 Å². The molecule has 0 aliphatic carbocycles. The number of nitro groups is 1. The van der Waals surface area contributed by atoms with Gasteiger partial charge in [0.1, 0.15) is 5.69 Å². The van der Waals surface area contributed by atoms with Gasteiger partial charge in [-0.25, -0.2) is 0 Å². The van der Waals surface area contributed by atoms with E-state index in [0.29, 0.717) is 6.54 Å². The van der Waals surface area contributed by atoms with E-state index in [2.05, 4.69) is 10.6 Å². The minimum absolute atomic E-state index is 0.0132. The van der Waals surface area contributed by atoms with Crippen molar-refractivity contribution >= 4 is 23.2 Å². The van der Waals surface area contributed by atoms with Gasteiger partial charge in [-0.2, -0.15) is 0 Å². The Kier molecular flexibility index (Phi) is 6.01. The summed E-state index contributed by atoms with van der Waals surface area (Å²) in [5, 5.41) is 16.1. The van der Waals surface area contributed by atoms with Crippen LogP contribution in [0.25, 0.3) is 0 Å². The number of benzene rings is 2. The van der Waals surface area contributed by atoms with Gasteiger partial charge in [0, 0.05) is 25.5 Å². The molecule has 0 saturated heterocycles. The molecule has 124 valence electrons. The Morgan fingerprint density at radius 2 is 1.54 bits per heavy atom. The number of nitrogens with zero attached hydrogens (tertiary/aromatic N) is 1. The summed E-state index contributed by atoms with van der Waals surface area (Å²) in [6.45, 7) is 0.394. The Hall–Kier alpha value is -3.22. The smallest absolute Gasteiger partial charge is 0.292 e. The molecular weight excluding hydrogens is 310 g/mol. The zero-order valence-electron chi connectivity index (χ0n) is 12.9. The molecule has 7 heteroatoms. The fraction of sp³-hybridized carbons (Fsp3) is 0.176. The number of para-hydroxylation sites is 2. The number of carbonyl (C=O) groups excluding carboxylic acids is 2. The fourth-order valence-corrected chi connectivity index (χ4v) is 2.06. The summed E-state index contributed by atoms with van der Waals surface area (Å²) in [6.07, 6.45) is -0.0357. The predicted molar refractivity (Wildman–Crippen MR) is 89.2 cm³/mol. The van der Waals surface area contributed by atoms with Gasteiger partial charge in [0.15, 0.2) is 0 Å². The molecule has 0 bridgehead atoms. The summed E-state index contributed by atoms with van der Waals surface area (Å²) in [5.74, 6) is -0.698. The predicted octanol–water partition coefficient (Wildman–Crippen LogP) is 2.63. The average molecular weight is 327 g/mol. The highest BCUT2D eigenvalue weighted by atomic mass is 16.6. The van der Waals surface area contributed by atoms with Gasteiger partial charge < -0.3 is 10.6 Å². The monoisotopic (exact) mass is 327 g/mol. The third-order valence-electron chi connectivity index (χ3n) is 3.29. The van der Waals surface area contributed by atoms with Crippen LogP contribution in [0.4, 0.5) is 11.4 Å². The lowest BCUT2D eigenvalue weighted by molar-refractivity contribution is -0.383. The van der Waals surface area contributed by atoms with Gasteiger partial charge >= 0.3 is 0 Å². The normalized spacial score (nSPS) is 10.0. The number of amides is 2. The van der Waals surface area contributed by atoms with Crippen LogP contribution >= 0.6 is 0 Å². The van der Waals surface area contributed by atoms with E-state index in [4.69, 9.17) is 0 Å². The van der Waals surface area contributed by atoms with Crippen LogP contribution in [0, 0.1) is 10.1 Å². The second-order valence-electron chi connectivity index (χ2n) is 5.08. The largest absolute Gasteiger partial charge is 0.352 e. The molecule has 24 heavy (non-hydrogen) atoms. The number of carbonyl (C=O) groups is 2. The first kappa shape index (κ1) is 17.1. The second-order valence-corrected chi connectivity index (χ2v) is 5.08. The van der Waals surface area contributed by atoms with E-state index in [1.807, 2.05) is 30.3 Å². The molecule has 0 aromatic heterocycles. The van der Waals surface area contributed by atoms with E-state index >= 15 is 0 Å². The molecule has 0 aliphatic rings. The van der Waals surface area contributed by atoms with Crippen LogP contribution in [0.15, 0.2) is 54.6 Å². The number of nitrogens with one attached hydrogen (secondary N) is 2. The van der Waals surface area contributed by atoms with Crippen molar-refractivity contribution in [3.05, 3.63) is 70.3 Å². The molecule has 0 aliphatic heterocycles. The summed E-state index contributed by atoms with van der Waals surface area (Å²) in [6, 6.07) is 15.3. The Morgan fingerprint density at radius 1 is 0.917 bits per heavy atom. The van der Waals surface area contributed by atoms with Crippen LogP contribution in [0.1, 0.15) is 18.4 Å². The van der Waals surface area contributed by atoms with E-state index < -0.39 is 10.8 Å². The maximum atomic E-state index is 11.9. The number of hydrogen-bond acceptors (Lipinski definition) is 4. The van der Waals surface area contributed by atoms with Crippen molar-refractivity contribution in [2.75, 3.05) is 5.32 Å². The molecule has 2 N–H and O–H groups in total. The molecule has 0 spiro atoms. The van der Waals surface area contributed by atoms with Crippen molar-refractivity contribution in [3.8, 4) is 0 Å². The lowest BCUT2D eigenvalue weighted by atomic mass is 10.2. The first-order valence-corrected chi connectivity index (χ1v) is 7.40. The minimum atomic E-state index is -0.567. The molecule has 0 radical (unpaired) electrons.